The van der Waals surface area contributed by atoms with Gasteiger partial charge in [-0.05, 0) is 42.7 Å². The van der Waals surface area contributed by atoms with E-state index < -0.39 is 16.1 Å². The van der Waals surface area contributed by atoms with Crippen molar-refractivity contribution in [1.29, 1.82) is 0 Å². The lowest BCUT2D eigenvalue weighted by Crippen LogP contribution is -2.48. The van der Waals surface area contributed by atoms with E-state index in [2.05, 4.69) is 5.32 Å². The summed E-state index contributed by atoms with van der Waals surface area (Å²) in [5.74, 6) is -0.445. The molecule has 0 aliphatic rings. The summed E-state index contributed by atoms with van der Waals surface area (Å²) in [6.45, 7) is 2.30. The van der Waals surface area contributed by atoms with Crippen LogP contribution in [0.15, 0.2) is 59.5 Å². The van der Waals surface area contributed by atoms with Crippen molar-refractivity contribution in [3.05, 3.63) is 65.2 Å². The van der Waals surface area contributed by atoms with Crippen LogP contribution in [0.5, 0.6) is 0 Å². The zero-order chi connectivity index (χ0) is 23.7. The highest BCUT2D eigenvalue weighted by molar-refractivity contribution is 7.89. The predicted octanol–water partition coefficient (Wildman–Crippen LogP) is 3.29. The minimum Gasteiger partial charge on any atom is -0.357 e. The minimum absolute atomic E-state index is 0.121. The van der Waals surface area contributed by atoms with Gasteiger partial charge >= 0.3 is 0 Å². The molecule has 0 fully saturated rings. The van der Waals surface area contributed by atoms with Crippen molar-refractivity contribution in [2.24, 2.45) is 0 Å². The fourth-order valence-corrected chi connectivity index (χ4v) is 4.72. The van der Waals surface area contributed by atoms with Crippen LogP contribution < -0.4 is 5.32 Å². The number of rotatable bonds is 11. The van der Waals surface area contributed by atoms with Gasteiger partial charge in [0, 0.05) is 38.6 Å². The predicted molar refractivity (Wildman–Crippen MR) is 126 cm³/mol. The average Bonchev–Trinajstić information content (AvgIpc) is 2.80. The molecule has 0 aliphatic carbocycles. The fourth-order valence-electron chi connectivity index (χ4n) is 3.36. The minimum atomic E-state index is -3.62. The third-order valence-corrected chi connectivity index (χ3v) is 7.34. The lowest BCUT2D eigenvalue weighted by atomic mass is 10.1. The third kappa shape index (κ3) is 6.79. The molecule has 0 radical (unpaired) electrons. The maximum absolute atomic E-state index is 13.1. The van der Waals surface area contributed by atoms with Crippen molar-refractivity contribution in [2.75, 3.05) is 20.6 Å². The molecule has 0 bridgehead atoms. The van der Waals surface area contributed by atoms with Crippen molar-refractivity contribution < 1.29 is 18.0 Å². The Labute approximate surface area is 195 Å². The summed E-state index contributed by atoms with van der Waals surface area (Å²) in [6, 6.07) is 14.7. The molecule has 7 nitrogen and oxygen atoms in total. The summed E-state index contributed by atoms with van der Waals surface area (Å²) in [4.78, 5) is 27.2. The van der Waals surface area contributed by atoms with Crippen LogP contribution in [-0.4, -0.2) is 56.1 Å². The first-order chi connectivity index (χ1) is 15.2. The Morgan fingerprint density at radius 1 is 1.06 bits per heavy atom. The Balaban J connectivity index is 2.08. The summed E-state index contributed by atoms with van der Waals surface area (Å²) in [6.07, 6.45) is 0.916. The number of sulfonamides is 1. The van der Waals surface area contributed by atoms with Gasteiger partial charge in [-0.3, -0.25) is 9.59 Å². The first-order valence-corrected chi connectivity index (χ1v) is 12.3. The van der Waals surface area contributed by atoms with E-state index in [1.165, 1.54) is 11.4 Å². The molecule has 2 aromatic carbocycles. The quantitative estimate of drug-likeness (QED) is 0.535. The van der Waals surface area contributed by atoms with E-state index in [4.69, 9.17) is 11.6 Å². The SMILES string of the molecule is CC[C@@H](C(=O)NC)N(Cc1ccc(Cl)cc1)C(=O)CCCN(C)S(=O)(=O)c1ccccc1. The number of benzene rings is 2. The van der Waals surface area contributed by atoms with Gasteiger partial charge in [-0.25, -0.2) is 12.7 Å². The van der Waals surface area contributed by atoms with Crippen LogP contribution in [-0.2, 0) is 26.2 Å². The molecule has 0 unspecified atom stereocenters. The summed E-state index contributed by atoms with van der Waals surface area (Å²) in [5.41, 5.74) is 0.855. The molecule has 0 aliphatic heterocycles. The zero-order valence-corrected chi connectivity index (χ0v) is 20.2. The molecule has 9 heteroatoms. The van der Waals surface area contributed by atoms with Gasteiger partial charge in [0.15, 0.2) is 0 Å². The number of carbonyl (C=O) groups is 2. The number of nitrogens with zero attached hydrogens (tertiary/aromatic N) is 2. The lowest BCUT2D eigenvalue weighted by molar-refractivity contribution is -0.141. The van der Waals surface area contributed by atoms with Gasteiger partial charge in [0.1, 0.15) is 6.04 Å². The number of nitrogens with one attached hydrogen (secondary N) is 1. The molecule has 0 aromatic heterocycles. The molecule has 0 saturated carbocycles. The molecule has 32 heavy (non-hydrogen) atoms. The smallest absolute Gasteiger partial charge is 0.242 e. The van der Waals surface area contributed by atoms with Crippen LogP contribution in [0.3, 0.4) is 0 Å². The second kappa shape index (κ2) is 12.0. The van der Waals surface area contributed by atoms with Crippen LogP contribution in [0.25, 0.3) is 0 Å². The summed E-state index contributed by atoms with van der Waals surface area (Å²) in [7, 11) is -0.578. The van der Waals surface area contributed by atoms with Crippen molar-refractivity contribution >= 4 is 33.4 Å². The number of carbonyl (C=O) groups excluding carboxylic acids is 2. The summed E-state index contributed by atoms with van der Waals surface area (Å²) >= 11 is 5.95. The van der Waals surface area contributed by atoms with Crippen LogP contribution in [0, 0.1) is 0 Å². The van der Waals surface area contributed by atoms with Crippen LogP contribution >= 0.6 is 11.6 Å². The van der Waals surface area contributed by atoms with Gasteiger partial charge < -0.3 is 10.2 Å². The molecule has 1 atom stereocenters. The maximum atomic E-state index is 13.1. The summed E-state index contributed by atoms with van der Waals surface area (Å²) in [5, 5.41) is 3.21. The standard InChI is InChI=1S/C23H30ClN3O4S/c1-4-21(23(29)25-2)27(17-18-12-14-19(24)15-13-18)22(28)11-8-16-26(3)32(30,31)20-9-6-5-7-10-20/h5-7,9-10,12-15,21H,4,8,11,16-17H2,1-3H3,(H,25,29)/t21-/m0/s1. The highest BCUT2D eigenvalue weighted by Gasteiger charge is 2.28. The van der Waals surface area contributed by atoms with E-state index in [1.807, 2.05) is 19.1 Å². The lowest BCUT2D eigenvalue weighted by Gasteiger charge is -2.30. The third-order valence-electron chi connectivity index (χ3n) is 5.21. The van der Waals surface area contributed by atoms with E-state index in [9.17, 15) is 18.0 Å². The van der Waals surface area contributed by atoms with E-state index in [1.54, 1.807) is 54.4 Å². The molecule has 2 rings (SSSR count). The summed E-state index contributed by atoms with van der Waals surface area (Å²) < 4.78 is 26.6. The largest absolute Gasteiger partial charge is 0.357 e. The average molecular weight is 480 g/mol. The van der Waals surface area contributed by atoms with Crippen molar-refractivity contribution in [3.8, 4) is 0 Å². The number of hydrogen-bond donors (Lipinski definition) is 1. The Morgan fingerprint density at radius 2 is 1.69 bits per heavy atom. The Kier molecular flexibility index (Phi) is 9.68. The van der Waals surface area contributed by atoms with Crippen molar-refractivity contribution in [1.82, 2.24) is 14.5 Å². The van der Waals surface area contributed by atoms with Crippen LogP contribution in [0.2, 0.25) is 5.02 Å². The van der Waals surface area contributed by atoms with E-state index in [0.29, 0.717) is 17.9 Å². The van der Waals surface area contributed by atoms with Gasteiger partial charge in [-0.15, -0.1) is 0 Å². The normalized spacial score (nSPS) is 12.4. The van der Waals surface area contributed by atoms with Crippen LogP contribution in [0.1, 0.15) is 31.7 Å². The molecular weight excluding hydrogens is 450 g/mol. The number of likely N-dealkylation sites (N-methyl/N-ethyl adjacent to an activating group) is 1. The van der Waals surface area contributed by atoms with Crippen LogP contribution in [0.4, 0.5) is 0 Å². The van der Waals surface area contributed by atoms with Gasteiger partial charge in [-0.2, -0.15) is 0 Å². The molecular formula is C23H30ClN3O4S. The second-order valence-corrected chi connectivity index (χ2v) is 9.91. The van der Waals surface area contributed by atoms with Gasteiger partial charge in [0.25, 0.3) is 0 Å². The van der Waals surface area contributed by atoms with Gasteiger partial charge in [0.05, 0.1) is 4.90 Å². The Hall–Kier alpha value is -2.42. The molecule has 1 N–H and O–H groups in total. The number of halogens is 1. The monoisotopic (exact) mass is 479 g/mol. The van der Waals surface area contributed by atoms with Gasteiger partial charge in [0.2, 0.25) is 21.8 Å². The molecule has 0 spiro atoms. The molecule has 174 valence electrons. The topological polar surface area (TPSA) is 86.8 Å². The molecule has 2 aromatic rings. The Bertz CT molecular complexity index is 998. The second-order valence-electron chi connectivity index (χ2n) is 7.43. The first-order valence-electron chi connectivity index (χ1n) is 10.5. The molecule has 2 amide bonds. The first kappa shape index (κ1) is 25.8. The molecule has 0 heterocycles. The van der Waals surface area contributed by atoms with Crippen molar-refractivity contribution in [2.45, 2.75) is 43.7 Å². The van der Waals surface area contributed by atoms with E-state index in [-0.39, 0.29) is 36.2 Å². The maximum Gasteiger partial charge on any atom is 0.242 e. The fraction of sp³-hybridized carbons (Fsp3) is 0.391. The molecule has 0 saturated heterocycles. The highest BCUT2D eigenvalue weighted by Crippen LogP contribution is 2.18. The highest BCUT2D eigenvalue weighted by atomic mass is 35.5. The van der Waals surface area contributed by atoms with Crippen molar-refractivity contribution in [3.63, 3.8) is 0 Å². The Morgan fingerprint density at radius 3 is 2.25 bits per heavy atom. The van der Waals surface area contributed by atoms with E-state index in [0.717, 1.165) is 5.56 Å². The number of hydrogen-bond acceptors (Lipinski definition) is 4. The van der Waals surface area contributed by atoms with E-state index >= 15 is 0 Å². The van der Waals surface area contributed by atoms with Gasteiger partial charge in [-0.1, -0.05) is 48.9 Å². The zero-order valence-electron chi connectivity index (χ0n) is 18.6. The number of amides is 2.